The Hall–Kier alpha value is -1.84. The normalized spacial score (nSPS) is 12.1. The number of hydrogen-bond donors (Lipinski definition) is 2. The second-order valence-corrected chi connectivity index (χ2v) is 4.25. The highest BCUT2D eigenvalue weighted by molar-refractivity contribution is 6.31. The fourth-order valence-electron chi connectivity index (χ4n) is 1.69. The van der Waals surface area contributed by atoms with Gasteiger partial charge in [-0.15, -0.1) is 0 Å². The van der Waals surface area contributed by atoms with E-state index in [4.69, 9.17) is 16.7 Å². The zero-order valence-electron chi connectivity index (χ0n) is 9.38. The number of carboxylic acid groups (broad SMARTS) is 1. The molecule has 0 amide bonds. The number of carboxylic acids is 1. The van der Waals surface area contributed by atoms with Gasteiger partial charge in [0.1, 0.15) is 0 Å². The van der Waals surface area contributed by atoms with E-state index in [1.165, 1.54) is 6.07 Å². The van der Waals surface area contributed by atoms with E-state index >= 15 is 0 Å². The molecule has 0 saturated carbocycles. The summed E-state index contributed by atoms with van der Waals surface area (Å²) in [4.78, 5) is 10.7. The maximum atomic E-state index is 10.7. The summed E-state index contributed by atoms with van der Waals surface area (Å²) < 4.78 is 0. The Kier molecular flexibility index (Phi) is 3.65. The zero-order valence-corrected chi connectivity index (χ0v) is 10.1. The van der Waals surface area contributed by atoms with Crippen LogP contribution >= 0.6 is 11.6 Å². The summed E-state index contributed by atoms with van der Waals surface area (Å²) in [5.41, 5.74) is 2.06. The fourth-order valence-corrected chi connectivity index (χ4v) is 1.98. The molecule has 1 atom stereocenters. The van der Waals surface area contributed by atoms with Crippen molar-refractivity contribution in [2.24, 2.45) is 0 Å². The molecule has 3 nitrogen and oxygen atoms in total. The van der Waals surface area contributed by atoms with Crippen molar-refractivity contribution < 1.29 is 15.0 Å². The highest BCUT2D eigenvalue weighted by Crippen LogP contribution is 2.29. The van der Waals surface area contributed by atoms with Gasteiger partial charge in [0.2, 0.25) is 0 Å². The predicted octanol–water partition coefficient (Wildman–Crippen LogP) is 3.13. The number of halogens is 1. The highest BCUT2D eigenvalue weighted by Gasteiger charge is 2.19. The maximum Gasteiger partial charge on any atom is 0.337 e. The lowest BCUT2D eigenvalue weighted by Gasteiger charge is -2.10. The van der Waals surface area contributed by atoms with Crippen molar-refractivity contribution in [2.75, 3.05) is 0 Å². The lowest BCUT2D eigenvalue weighted by molar-refractivity contribution is -0.146. The van der Waals surface area contributed by atoms with E-state index < -0.39 is 12.1 Å². The van der Waals surface area contributed by atoms with Gasteiger partial charge in [0.25, 0.3) is 0 Å². The van der Waals surface area contributed by atoms with E-state index in [2.05, 4.69) is 0 Å². The lowest BCUT2D eigenvalue weighted by Crippen LogP contribution is -2.10. The van der Waals surface area contributed by atoms with Gasteiger partial charge in [0.15, 0.2) is 6.10 Å². The molecule has 0 aromatic heterocycles. The van der Waals surface area contributed by atoms with Gasteiger partial charge in [-0.25, -0.2) is 4.79 Å². The van der Waals surface area contributed by atoms with Gasteiger partial charge in [-0.3, -0.25) is 0 Å². The van der Waals surface area contributed by atoms with Gasteiger partial charge >= 0.3 is 5.97 Å². The Morgan fingerprint density at radius 1 is 1.06 bits per heavy atom. The van der Waals surface area contributed by atoms with Gasteiger partial charge in [-0.05, 0) is 17.2 Å². The van der Waals surface area contributed by atoms with E-state index in [9.17, 15) is 9.90 Å². The summed E-state index contributed by atoms with van der Waals surface area (Å²) in [6, 6.07) is 14.5. The van der Waals surface area contributed by atoms with Crippen LogP contribution in [0, 0.1) is 0 Å². The van der Waals surface area contributed by atoms with Crippen molar-refractivity contribution in [3.8, 4) is 11.1 Å². The van der Waals surface area contributed by atoms with Crippen molar-refractivity contribution >= 4 is 17.6 Å². The van der Waals surface area contributed by atoms with Gasteiger partial charge in [0.05, 0.1) is 0 Å². The number of aliphatic carboxylic acids is 1. The quantitative estimate of drug-likeness (QED) is 0.893. The third kappa shape index (κ3) is 2.53. The van der Waals surface area contributed by atoms with Crippen molar-refractivity contribution in [3.05, 3.63) is 59.1 Å². The first-order valence-corrected chi connectivity index (χ1v) is 5.73. The average molecular weight is 263 g/mol. The van der Waals surface area contributed by atoms with Crippen LogP contribution in [0.1, 0.15) is 11.7 Å². The van der Waals surface area contributed by atoms with E-state index in [-0.39, 0.29) is 10.6 Å². The Labute approximate surface area is 109 Å². The molecule has 0 radical (unpaired) electrons. The SMILES string of the molecule is O=C(O)C(O)c1ccc(-c2ccccc2)cc1Cl. The molecule has 18 heavy (non-hydrogen) atoms. The smallest absolute Gasteiger partial charge is 0.337 e. The largest absolute Gasteiger partial charge is 0.479 e. The van der Waals surface area contributed by atoms with Crippen LogP contribution in [0.3, 0.4) is 0 Å². The van der Waals surface area contributed by atoms with Crippen LogP contribution < -0.4 is 0 Å². The molecule has 92 valence electrons. The molecule has 0 aliphatic carbocycles. The first-order chi connectivity index (χ1) is 8.59. The highest BCUT2D eigenvalue weighted by atomic mass is 35.5. The van der Waals surface area contributed by atoms with Crippen LogP contribution in [0.5, 0.6) is 0 Å². The number of carbonyl (C=O) groups is 1. The molecule has 0 aliphatic rings. The summed E-state index contributed by atoms with van der Waals surface area (Å²) in [7, 11) is 0. The second-order valence-electron chi connectivity index (χ2n) is 3.84. The predicted molar refractivity (Wildman–Crippen MR) is 69.5 cm³/mol. The van der Waals surface area contributed by atoms with Crippen molar-refractivity contribution in [2.45, 2.75) is 6.10 Å². The van der Waals surface area contributed by atoms with Crippen LogP contribution in [0.4, 0.5) is 0 Å². The minimum Gasteiger partial charge on any atom is -0.479 e. The van der Waals surface area contributed by atoms with Crippen LogP contribution in [0.2, 0.25) is 5.02 Å². The number of hydrogen-bond acceptors (Lipinski definition) is 2. The standard InChI is InChI=1S/C14H11ClO3/c15-12-8-10(9-4-2-1-3-5-9)6-7-11(12)13(16)14(17)18/h1-8,13,16H,(H,17,18). The molecule has 2 aromatic carbocycles. The third-order valence-electron chi connectivity index (χ3n) is 2.64. The Bertz CT molecular complexity index is 567. The Balaban J connectivity index is 2.40. The summed E-state index contributed by atoms with van der Waals surface area (Å²) >= 11 is 5.99. The Morgan fingerprint density at radius 3 is 2.28 bits per heavy atom. The van der Waals surface area contributed by atoms with E-state index in [0.29, 0.717) is 0 Å². The minimum absolute atomic E-state index is 0.198. The van der Waals surface area contributed by atoms with Gasteiger partial charge < -0.3 is 10.2 Å². The maximum absolute atomic E-state index is 10.7. The molecular weight excluding hydrogens is 252 g/mol. The average Bonchev–Trinajstić information content (AvgIpc) is 2.38. The third-order valence-corrected chi connectivity index (χ3v) is 2.96. The Morgan fingerprint density at radius 2 is 1.72 bits per heavy atom. The number of aliphatic hydroxyl groups excluding tert-OH is 1. The molecular formula is C14H11ClO3. The molecule has 0 heterocycles. The molecule has 0 fully saturated rings. The van der Waals surface area contributed by atoms with Crippen LogP contribution in [-0.4, -0.2) is 16.2 Å². The van der Waals surface area contributed by atoms with Crippen LogP contribution in [-0.2, 0) is 4.79 Å². The zero-order chi connectivity index (χ0) is 13.1. The molecule has 0 bridgehead atoms. The molecule has 2 N–H and O–H groups in total. The molecule has 2 aromatic rings. The van der Waals surface area contributed by atoms with E-state index in [1.54, 1.807) is 12.1 Å². The first kappa shape index (κ1) is 12.6. The van der Waals surface area contributed by atoms with Gasteiger partial charge in [-0.1, -0.05) is 54.1 Å². The number of benzene rings is 2. The second kappa shape index (κ2) is 5.21. The van der Waals surface area contributed by atoms with E-state index in [1.807, 2.05) is 30.3 Å². The molecule has 0 saturated heterocycles. The van der Waals surface area contributed by atoms with Crippen molar-refractivity contribution in [1.82, 2.24) is 0 Å². The summed E-state index contributed by atoms with van der Waals surface area (Å²) in [6.45, 7) is 0. The minimum atomic E-state index is -1.60. The molecule has 0 spiro atoms. The molecule has 0 aliphatic heterocycles. The fraction of sp³-hybridized carbons (Fsp3) is 0.0714. The number of aliphatic hydroxyl groups is 1. The summed E-state index contributed by atoms with van der Waals surface area (Å²) in [5, 5.41) is 18.4. The van der Waals surface area contributed by atoms with Gasteiger partial charge in [0, 0.05) is 10.6 Å². The monoisotopic (exact) mass is 262 g/mol. The van der Waals surface area contributed by atoms with Crippen LogP contribution in [0.25, 0.3) is 11.1 Å². The van der Waals surface area contributed by atoms with Gasteiger partial charge in [-0.2, -0.15) is 0 Å². The summed E-state index contributed by atoms with van der Waals surface area (Å²) in [5.74, 6) is -1.32. The van der Waals surface area contributed by atoms with Crippen molar-refractivity contribution in [3.63, 3.8) is 0 Å². The first-order valence-electron chi connectivity index (χ1n) is 5.35. The van der Waals surface area contributed by atoms with Crippen LogP contribution in [0.15, 0.2) is 48.5 Å². The number of rotatable bonds is 3. The molecule has 4 heteroatoms. The molecule has 2 rings (SSSR count). The lowest BCUT2D eigenvalue weighted by atomic mass is 10.0. The van der Waals surface area contributed by atoms with E-state index in [0.717, 1.165) is 11.1 Å². The topological polar surface area (TPSA) is 57.5 Å². The summed E-state index contributed by atoms with van der Waals surface area (Å²) in [6.07, 6.45) is -1.60. The molecule has 1 unspecified atom stereocenters. The van der Waals surface area contributed by atoms with Crippen molar-refractivity contribution in [1.29, 1.82) is 0 Å².